The van der Waals surface area contributed by atoms with Crippen molar-refractivity contribution in [3.05, 3.63) is 49.3 Å². The van der Waals surface area contributed by atoms with Crippen LogP contribution in [0.3, 0.4) is 0 Å². The van der Waals surface area contributed by atoms with E-state index in [9.17, 15) is 14.9 Å². The molecule has 0 fully saturated rings. The Balaban J connectivity index is 2.52. The molecule has 21 heavy (non-hydrogen) atoms. The van der Waals surface area contributed by atoms with E-state index in [-0.39, 0.29) is 5.69 Å². The van der Waals surface area contributed by atoms with E-state index in [2.05, 4.69) is 15.9 Å². The summed E-state index contributed by atoms with van der Waals surface area (Å²) in [6, 6.07) is 6.61. The SMILES string of the molecule is CCOC(=O)c1ccc(-c2c(C)cc(Br)cc2[N+](=O)[O-])s1. The standard InChI is InChI=1S/C14H12BrNO4S/c1-3-20-14(17)12-5-4-11(21-12)13-8(2)6-9(15)7-10(13)16(18)19/h4-7H,3H2,1-2H3. The number of ether oxygens (including phenoxy) is 1. The maximum atomic E-state index is 11.7. The third kappa shape index (κ3) is 3.30. The zero-order chi connectivity index (χ0) is 15.6. The van der Waals surface area contributed by atoms with Crippen molar-refractivity contribution in [2.45, 2.75) is 13.8 Å². The van der Waals surface area contributed by atoms with Gasteiger partial charge in [0.1, 0.15) is 4.88 Å². The first-order chi connectivity index (χ1) is 9.93. The van der Waals surface area contributed by atoms with Gasteiger partial charge in [0.15, 0.2) is 0 Å². The van der Waals surface area contributed by atoms with E-state index in [0.717, 1.165) is 5.56 Å². The van der Waals surface area contributed by atoms with Crippen LogP contribution in [0.5, 0.6) is 0 Å². The molecule has 0 N–H and O–H groups in total. The highest BCUT2D eigenvalue weighted by Crippen LogP contribution is 2.39. The molecule has 110 valence electrons. The van der Waals surface area contributed by atoms with E-state index in [1.807, 2.05) is 6.07 Å². The quantitative estimate of drug-likeness (QED) is 0.449. The molecule has 0 spiro atoms. The Morgan fingerprint density at radius 2 is 2.14 bits per heavy atom. The molecule has 0 amide bonds. The summed E-state index contributed by atoms with van der Waals surface area (Å²) in [5.41, 5.74) is 1.32. The molecule has 5 nitrogen and oxygen atoms in total. The normalized spacial score (nSPS) is 10.4. The minimum Gasteiger partial charge on any atom is -0.462 e. The number of esters is 1. The number of hydrogen-bond donors (Lipinski definition) is 0. The van der Waals surface area contributed by atoms with Crippen LogP contribution in [0.15, 0.2) is 28.7 Å². The van der Waals surface area contributed by atoms with Gasteiger partial charge < -0.3 is 4.74 Å². The molecule has 2 aromatic rings. The van der Waals surface area contributed by atoms with Gasteiger partial charge in [0.2, 0.25) is 0 Å². The summed E-state index contributed by atoms with van der Waals surface area (Å²) >= 11 is 4.45. The molecule has 0 saturated heterocycles. The number of nitro groups is 1. The first-order valence-corrected chi connectivity index (χ1v) is 7.76. The average molecular weight is 370 g/mol. The first-order valence-electron chi connectivity index (χ1n) is 6.16. The molecule has 0 saturated carbocycles. The lowest BCUT2D eigenvalue weighted by Crippen LogP contribution is -2.01. The minimum absolute atomic E-state index is 0.0131. The van der Waals surface area contributed by atoms with Gasteiger partial charge in [-0.3, -0.25) is 10.1 Å². The molecule has 0 radical (unpaired) electrons. The van der Waals surface area contributed by atoms with Crippen LogP contribution < -0.4 is 0 Å². The number of thiophene rings is 1. The number of hydrogen-bond acceptors (Lipinski definition) is 5. The van der Waals surface area contributed by atoms with Crippen molar-refractivity contribution in [3.63, 3.8) is 0 Å². The molecule has 2 rings (SSSR count). The van der Waals surface area contributed by atoms with Crippen LogP contribution >= 0.6 is 27.3 Å². The fraction of sp³-hybridized carbons (Fsp3) is 0.214. The zero-order valence-electron chi connectivity index (χ0n) is 11.4. The second kappa shape index (κ2) is 6.36. The van der Waals surface area contributed by atoms with Gasteiger partial charge in [-0.05, 0) is 37.6 Å². The molecule has 0 unspecified atom stereocenters. The van der Waals surface area contributed by atoms with Crippen molar-refractivity contribution >= 4 is 38.9 Å². The van der Waals surface area contributed by atoms with Crippen LogP contribution in [-0.4, -0.2) is 17.5 Å². The van der Waals surface area contributed by atoms with Crippen molar-refractivity contribution in [2.24, 2.45) is 0 Å². The van der Waals surface area contributed by atoms with E-state index in [4.69, 9.17) is 4.74 Å². The lowest BCUT2D eigenvalue weighted by atomic mass is 10.1. The number of carbonyl (C=O) groups is 1. The van der Waals surface area contributed by atoms with Gasteiger partial charge in [-0.25, -0.2) is 4.79 Å². The van der Waals surface area contributed by atoms with Crippen molar-refractivity contribution < 1.29 is 14.5 Å². The van der Waals surface area contributed by atoms with E-state index < -0.39 is 10.9 Å². The van der Waals surface area contributed by atoms with E-state index in [1.54, 1.807) is 26.0 Å². The van der Waals surface area contributed by atoms with Crippen LogP contribution in [0.25, 0.3) is 10.4 Å². The topological polar surface area (TPSA) is 69.4 Å². The average Bonchev–Trinajstić information content (AvgIpc) is 2.87. The fourth-order valence-electron chi connectivity index (χ4n) is 1.97. The Morgan fingerprint density at radius 3 is 2.76 bits per heavy atom. The summed E-state index contributed by atoms with van der Waals surface area (Å²) in [5.74, 6) is -0.411. The van der Waals surface area contributed by atoms with E-state index in [1.165, 1.54) is 17.4 Å². The lowest BCUT2D eigenvalue weighted by molar-refractivity contribution is -0.384. The summed E-state index contributed by atoms with van der Waals surface area (Å²) in [6.45, 7) is 3.83. The monoisotopic (exact) mass is 369 g/mol. The first kappa shape index (κ1) is 15.7. The highest BCUT2D eigenvalue weighted by Gasteiger charge is 2.21. The molecular formula is C14H12BrNO4S. The van der Waals surface area contributed by atoms with Crippen LogP contribution in [0.1, 0.15) is 22.2 Å². The number of nitrogens with zero attached hydrogens (tertiary/aromatic N) is 1. The third-order valence-corrected chi connectivity index (χ3v) is 4.35. The highest BCUT2D eigenvalue weighted by molar-refractivity contribution is 9.10. The highest BCUT2D eigenvalue weighted by atomic mass is 79.9. The molecule has 1 aromatic heterocycles. The second-order valence-electron chi connectivity index (χ2n) is 4.26. The van der Waals surface area contributed by atoms with Gasteiger partial charge in [0, 0.05) is 15.4 Å². The number of aryl methyl sites for hydroxylation is 1. The molecular weight excluding hydrogens is 358 g/mol. The summed E-state index contributed by atoms with van der Waals surface area (Å²) in [5, 5.41) is 11.2. The van der Waals surface area contributed by atoms with Crippen LogP contribution in [0, 0.1) is 17.0 Å². The molecule has 1 heterocycles. The third-order valence-electron chi connectivity index (χ3n) is 2.81. The van der Waals surface area contributed by atoms with Crippen LogP contribution in [-0.2, 0) is 4.74 Å². The summed E-state index contributed by atoms with van der Waals surface area (Å²) in [6.07, 6.45) is 0. The molecule has 0 aliphatic rings. The van der Waals surface area contributed by atoms with E-state index >= 15 is 0 Å². The zero-order valence-corrected chi connectivity index (χ0v) is 13.8. The Bertz CT molecular complexity index is 711. The van der Waals surface area contributed by atoms with Gasteiger partial charge in [-0.1, -0.05) is 15.9 Å². The molecule has 0 atom stereocenters. The Kier molecular flexibility index (Phi) is 4.74. The van der Waals surface area contributed by atoms with Gasteiger partial charge in [0.05, 0.1) is 17.1 Å². The molecule has 7 heteroatoms. The molecule has 0 aliphatic carbocycles. The van der Waals surface area contributed by atoms with Crippen molar-refractivity contribution in [1.82, 2.24) is 0 Å². The number of rotatable bonds is 4. The van der Waals surface area contributed by atoms with Gasteiger partial charge in [-0.2, -0.15) is 0 Å². The Morgan fingerprint density at radius 1 is 1.43 bits per heavy atom. The van der Waals surface area contributed by atoms with Gasteiger partial charge >= 0.3 is 5.97 Å². The maximum absolute atomic E-state index is 11.7. The largest absolute Gasteiger partial charge is 0.462 e. The van der Waals surface area contributed by atoms with Crippen molar-refractivity contribution in [1.29, 1.82) is 0 Å². The number of benzene rings is 1. The predicted octanol–water partition coefficient (Wildman–Crippen LogP) is 4.57. The predicted molar refractivity (Wildman–Crippen MR) is 84.8 cm³/mol. The Labute approximate surface area is 133 Å². The fourth-order valence-corrected chi connectivity index (χ4v) is 3.55. The maximum Gasteiger partial charge on any atom is 0.348 e. The van der Waals surface area contributed by atoms with Crippen LogP contribution in [0.2, 0.25) is 0 Å². The number of nitro benzene ring substituents is 1. The number of halogens is 1. The summed E-state index contributed by atoms with van der Waals surface area (Å²) in [7, 11) is 0. The Hall–Kier alpha value is -1.73. The van der Waals surface area contributed by atoms with Gasteiger partial charge in [-0.15, -0.1) is 11.3 Å². The summed E-state index contributed by atoms with van der Waals surface area (Å²) < 4.78 is 5.58. The minimum atomic E-state index is -0.420. The second-order valence-corrected chi connectivity index (χ2v) is 6.26. The summed E-state index contributed by atoms with van der Waals surface area (Å²) in [4.78, 5) is 23.6. The van der Waals surface area contributed by atoms with Crippen molar-refractivity contribution in [3.8, 4) is 10.4 Å². The molecule has 1 aromatic carbocycles. The van der Waals surface area contributed by atoms with Crippen LogP contribution in [0.4, 0.5) is 5.69 Å². The lowest BCUT2D eigenvalue weighted by Gasteiger charge is -2.05. The molecule has 0 aliphatic heterocycles. The van der Waals surface area contributed by atoms with Crippen molar-refractivity contribution in [2.75, 3.05) is 6.61 Å². The van der Waals surface area contributed by atoms with E-state index in [0.29, 0.717) is 26.4 Å². The molecule has 0 bridgehead atoms. The van der Waals surface area contributed by atoms with Gasteiger partial charge in [0.25, 0.3) is 5.69 Å². The smallest absolute Gasteiger partial charge is 0.348 e. The number of carbonyl (C=O) groups excluding carboxylic acids is 1.